The fraction of sp³-hybridized carbons (Fsp3) is 0.533. The van der Waals surface area contributed by atoms with Gasteiger partial charge < -0.3 is 0 Å². The molecule has 0 aliphatic carbocycles. The summed E-state index contributed by atoms with van der Waals surface area (Å²) in [5.74, 6) is 0. The fourth-order valence-electron chi connectivity index (χ4n) is 2.44. The Bertz CT molecular complexity index is 579. The van der Waals surface area contributed by atoms with E-state index in [1.54, 1.807) is 0 Å². The number of rotatable bonds is 0. The quantitative estimate of drug-likeness (QED) is 0.700. The molecule has 0 fully saturated rings. The zero-order valence-corrected chi connectivity index (χ0v) is 12.1. The summed E-state index contributed by atoms with van der Waals surface area (Å²) in [6.45, 7) is 12.4. The number of hydrogen-bond acceptors (Lipinski definition) is 1. The van der Waals surface area contributed by atoms with Crippen LogP contribution in [0.3, 0.4) is 0 Å². The van der Waals surface area contributed by atoms with E-state index in [1.807, 2.05) is 33.4 Å². The van der Waals surface area contributed by atoms with E-state index in [0.717, 1.165) is 11.0 Å². The van der Waals surface area contributed by atoms with Gasteiger partial charge in [0.1, 0.15) is 0 Å². The van der Waals surface area contributed by atoms with E-state index < -0.39 is 0 Å². The molecule has 0 aliphatic heterocycles. The maximum Gasteiger partial charge on any atom is 0.330 e. The second-order valence-electron chi connectivity index (χ2n) is 6.78. The summed E-state index contributed by atoms with van der Waals surface area (Å²) in [4.78, 5) is 12.7. The third-order valence-electron chi connectivity index (χ3n) is 3.09. The first-order chi connectivity index (χ1) is 8.14. The molecule has 0 N–H and O–H groups in total. The van der Waals surface area contributed by atoms with Crippen LogP contribution in [0.5, 0.6) is 0 Å². The van der Waals surface area contributed by atoms with E-state index in [1.165, 1.54) is 0 Å². The zero-order valence-electron chi connectivity index (χ0n) is 12.1. The van der Waals surface area contributed by atoms with E-state index in [0.29, 0.717) is 0 Å². The number of aromatic nitrogens is 2. The topological polar surface area (TPSA) is 26.9 Å². The van der Waals surface area contributed by atoms with Crippen molar-refractivity contribution in [3.05, 3.63) is 34.7 Å². The lowest BCUT2D eigenvalue weighted by atomic mass is 10.1. The van der Waals surface area contributed by atoms with Crippen molar-refractivity contribution in [1.29, 1.82) is 0 Å². The van der Waals surface area contributed by atoms with Crippen LogP contribution in [0.25, 0.3) is 11.0 Å². The van der Waals surface area contributed by atoms with Crippen LogP contribution in [-0.2, 0) is 11.1 Å². The van der Waals surface area contributed by atoms with Crippen molar-refractivity contribution >= 4 is 11.0 Å². The Balaban J connectivity index is 2.99. The van der Waals surface area contributed by atoms with Crippen LogP contribution in [0.15, 0.2) is 29.1 Å². The largest absolute Gasteiger partial charge is 0.330 e. The molecule has 18 heavy (non-hydrogen) atoms. The molecule has 3 nitrogen and oxygen atoms in total. The van der Waals surface area contributed by atoms with E-state index in [9.17, 15) is 4.79 Å². The summed E-state index contributed by atoms with van der Waals surface area (Å²) >= 11 is 0. The highest BCUT2D eigenvalue weighted by molar-refractivity contribution is 5.76. The van der Waals surface area contributed by atoms with Gasteiger partial charge in [0, 0.05) is 11.1 Å². The normalized spacial score (nSPS) is 13.2. The van der Waals surface area contributed by atoms with Crippen molar-refractivity contribution in [1.82, 2.24) is 9.13 Å². The molecule has 98 valence electrons. The van der Waals surface area contributed by atoms with Gasteiger partial charge in [-0.15, -0.1) is 0 Å². The summed E-state index contributed by atoms with van der Waals surface area (Å²) in [6, 6.07) is 8.00. The third-order valence-corrected chi connectivity index (χ3v) is 3.09. The van der Waals surface area contributed by atoms with Crippen LogP contribution >= 0.6 is 0 Å². The minimum atomic E-state index is -0.215. The lowest BCUT2D eigenvalue weighted by Gasteiger charge is -2.22. The maximum absolute atomic E-state index is 12.7. The van der Waals surface area contributed by atoms with Crippen LogP contribution in [0.2, 0.25) is 0 Å². The van der Waals surface area contributed by atoms with Crippen LogP contribution in [0.4, 0.5) is 0 Å². The molecular weight excluding hydrogens is 224 g/mol. The standard InChI is InChI=1S/C15H22N2O/c1-14(2,3)16-11-9-7-8-10-12(11)17(13(16)18)15(4,5)6/h7-10H,1-6H3. The Morgan fingerprint density at radius 2 is 1.11 bits per heavy atom. The number of fused-ring (bicyclic) bond motifs is 1. The molecule has 0 amide bonds. The summed E-state index contributed by atoms with van der Waals surface area (Å²) in [5, 5.41) is 0. The SMILES string of the molecule is CC(C)(C)n1c(=O)n(C(C)(C)C)c2ccccc21. The van der Waals surface area contributed by atoms with Gasteiger partial charge in [-0.25, -0.2) is 4.79 Å². The molecular formula is C15H22N2O. The fourth-order valence-corrected chi connectivity index (χ4v) is 2.44. The molecule has 1 aromatic heterocycles. The highest BCUT2D eigenvalue weighted by Crippen LogP contribution is 2.25. The molecule has 0 unspecified atom stereocenters. The van der Waals surface area contributed by atoms with Gasteiger partial charge in [0.25, 0.3) is 0 Å². The highest BCUT2D eigenvalue weighted by atomic mass is 16.2. The van der Waals surface area contributed by atoms with Gasteiger partial charge in [-0.1, -0.05) is 12.1 Å². The van der Waals surface area contributed by atoms with Crippen LogP contribution in [-0.4, -0.2) is 9.13 Å². The molecule has 2 aromatic rings. The van der Waals surface area contributed by atoms with Crippen molar-refractivity contribution in [2.45, 2.75) is 52.6 Å². The molecule has 0 atom stereocenters. The van der Waals surface area contributed by atoms with Crippen LogP contribution in [0, 0.1) is 0 Å². The lowest BCUT2D eigenvalue weighted by molar-refractivity contribution is 0.350. The Hall–Kier alpha value is -1.51. The number of imidazole rings is 1. The van der Waals surface area contributed by atoms with Gasteiger partial charge in [0.15, 0.2) is 0 Å². The molecule has 1 heterocycles. The average Bonchev–Trinajstić information content (AvgIpc) is 2.47. The van der Waals surface area contributed by atoms with Gasteiger partial charge in [0.05, 0.1) is 11.0 Å². The minimum absolute atomic E-state index is 0.0659. The first-order valence-electron chi connectivity index (χ1n) is 6.37. The summed E-state index contributed by atoms with van der Waals surface area (Å²) in [5.41, 5.74) is 1.64. The van der Waals surface area contributed by atoms with E-state index in [4.69, 9.17) is 0 Å². The molecule has 0 saturated heterocycles. The Morgan fingerprint density at radius 3 is 1.39 bits per heavy atom. The summed E-state index contributed by atoms with van der Waals surface area (Å²) in [7, 11) is 0. The molecule has 0 spiro atoms. The van der Waals surface area contributed by atoms with Crippen molar-refractivity contribution in [2.75, 3.05) is 0 Å². The molecule has 3 heteroatoms. The molecule has 0 bridgehead atoms. The predicted octanol–water partition coefficient (Wildman–Crippen LogP) is 3.31. The van der Waals surface area contributed by atoms with Crippen molar-refractivity contribution in [3.8, 4) is 0 Å². The van der Waals surface area contributed by atoms with Gasteiger partial charge in [0.2, 0.25) is 0 Å². The van der Waals surface area contributed by atoms with Gasteiger partial charge in [-0.05, 0) is 53.7 Å². The first-order valence-corrected chi connectivity index (χ1v) is 6.37. The molecule has 2 rings (SSSR count). The molecule has 0 aliphatic rings. The minimum Gasteiger partial charge on any atom is -0.287 e. The monoisotopic (exact) mass is 246 g/mol. The van der Waals surface area contributed by atoms with Gasteiger partial charge in [-0.2, -0.15) is 0 Å². The van der Waals surface area contributed by atoms with Crippen LogP contribution < -0.4 is 5.69 Å². The van der Waals surface area contributed by atoms with Crippen molar-refractivity contribution in [3.63, 3.8) is 0 Å². The van der Waals surface area contributed by atoms with Crippen molar-refractivity contribution < 1.29 is 0 Å². The number of nitrogens with zero attached hydrogens (tertiary/aromatic N) is 2. The van der Waals surface area contributed by atoms with E-state index in [-0.39, 0.29) is 16.8 Å². The molecule has 0 saturated carbocycles. The lowest BCUT2D eigenvalue weighted by Crippen LogP contribution is -2.39. The van der Waals surface area contributed by atoms with Crippen LogP contribution in [0.1, 0.15) is 41.5 Å². The number of benzene rings is 1. The Kier molecular flexibility index (Phi) is 2.69. The molecule has 1 aromatic carbocycles. The smallest absolute Gasteiger partial charge is 0.287 e. The Morgan fingerprint density at radius 1 is 0.778 bits per heavy atom. The van der Waals surface area contributed by atoms with E-state index in [2.05, 4.69) is 41.5 Å². The second kappa shape index (κ2) is 3.74. The van der Waals surface area contributed by atoms with Gasteiger partial charge in [-0.3, -0.25) is 9.13 Å². The van der Waals surface area contributed by atoms with Crippen molar-refractivity contribution in [2.24, 2.45) is 0 Å². The Labute approximate surface area is 108 Å². The number of hydrogen-bond donors (Lipinski definition) is 0. The molecule has 0 radical (unpaired) electrons. The number of para-hydroxylation sites is 2. The van der Waals surface area contributed by atoms with E-state index >= 15 is 0 Å². The highest BCUT2D eigenvalue weighted by Gasteiger charge is 2.26. The third kappa shape index (κ3) is 1.88. The average molecular weight is 246 g/mol. The predicted molar refractivity (Wildman–Crippen MR) is 76.2 cm³/mol. The summed E-state index contributed by atoms with van der Waals surface area (Å²) < 4.78 is 3.77. The second-order valence-corrected chi connectivity index (χ2v) is 6.78. The zero-order chi connectivity index (χ0) is 13.7. The van der Waals surface area contributed by atoms with Gasteiger partial charge >= 0.3 is 5.69 Å². The maximum atomic E-state index is 12.7. The summed E-state index contributed by atoms with van der Waals surface area (Å²) in [6.07, 6.45) is 0. The first kappa shape index (κ1) is 12.9.